The molecule has 1 nitrogen and oxygen atoms in total. The lowest BCUT2D eigenvalue weighted by Crippen LogP contribution is -1.87. The van der Waals surface area contributed by atoms with Crippen molar-refractivity contribution < 1.29 is 5.11 Å². The third-order valence-corrected chi connectivity index (χ3v) is 3.96. The summed E-state index contributed by atoms with van der Waals surface area (Å²) in [5, 5.41) is 11.8. The van der Waals surface area contributed by atoms with Gasteiger partial charge in [0.2, 0.25) is 0 Å². The zero-order chi connectivity index (χ0) is 14.2. The lowest BCUT2D eigenvalue weighted by Gasteiger charge is -2.05. The molecule has 0 radical (unpaired) electrons. The number of fused-ring (bicyclic) bond motifs is 1. The molecule has 2 rings (SSSR count). The van der Waals surface area contributed by atoms with E-state index >= 15 is 0 Å². The molecule has 0 aliphatic rings. The lowest BCUT2D eigenvalue weighted by atomic mass is 10.0. The Balaban J connectivity index is 1.77. The summed E-state index contributed by atoms with van der Waals surface area (Å²) in [6.45, 7) is 2.26. The van der Waals surface area contributed by atoms with Gasteiger partial charge >= 0.3 is 0 Å². The van der Waals surface area contributed by atoms with Crippen molar-refractivity contribution in [3.63, 3.8) is 0 Å². The van der Waals surface area contributed by atoms with Crippen molar-refractivity contribution in [2.24, 2.45) is 0 Å². The van der Waals surface area contributed by atoms with Crippen LogP contribution in [0, 0.1) is 0 Å². The first-order chi connectivity index (χ1) is 9.79. The summed E-state index contributed by atoms with van der Waals surface area (Å²) in [7, 11) is 0. The van der Waals surface area contributed by atoms with Crippen LogP contribution in [-0.2, 0) is 6.42 Å². The van der Waals surface area contributed by atoms with Crippen LogP contribution in [0.2, 0.25) is 0 Å². The van der Waals surface area contributed by atoms with E-state index < -0.39 is 0 Å². The molecule has 0 amide bonds. The zero-order valence-electron chi connectivity index (χ0n) is 12.6. The van der Waals surface area contributed by atoms with Crippen molar-refractivity contribution in [1.29, 1.82) is 0 Å². The average molecular weight is 270 g/mol. The third kappa shape index (κ3) is 4.56. The number of aryl methyl sites for hydroxylation is 1. The van der Waals surface area contributed by atoms with E-state index in [1.165, 1.54) is 62.3 Å². The highest BCUT2D eigenvalue weighted by atomic mass is 16.3. The van der Waals surface area contributed by atoms with Gasteiger partial charge in [-0.3, -0.25) is 0 Å². The quantitative estimate of drug-likeness (QED) is 0.597. The molecule has 0 fully saturated rings. The SMILES string of the molecule is CCCCCCCCCc1ccc2cc(O)ccc2c1. The van der Waals surface area contributed by atoms with Crippen LogP contribution < -0.4 is 0 Å². The van der Waals surface area contributed by atoms with Crippen LogP contribution in [-0.4, -0.2) is 5.11 Å². The van der Waals surface area contributed by atoms with Crippen LogP contribution in [0.3, 0.4) is 0 Å². The fraction of sp³-hybridized carbons (Fsp3) is 0.474. The van der Waals surface area contributed by atoms with Gasteiger partial charge in [0.05, 0.1) is 0 Å². The molecule has 0 saturated carbocycles. The van der Waals surface area contributed by atoms with Crippen molar-refractivity contribution in [2.75, 3.05) is 0 Å². The summed E-state index contributed by atoms with van der Waals surface area (Å²) in [5.41, 5.74) is 1.41. The number of phenols is 1. The van der Waals surface area contributed by atoms with Gasteiger partial charge in [-0.05, 0) is 41.3 Å². The number of hydrogen-bond donors (Lipinski definition) is 1. The average Bonchev–Trinajstić information content (AvgIpc) is 2.46. The number of benzene rings is 2. The highest BCUT2D eigenvalue weighted by Crippen LogP contribution is 2.22. The third-order valence-electron chi connectivity index (χ3n) is 3.96. The summed E-state index contributed by atoms with van der Waals surface area (Å²) in [5.74, 6) is 0.345. The standard InChI is InChI=1S/C19H26O/c1-2-3-4-5-6-7-8-9-16-10-11-18-15-19(20)13-12-17(18)14-16/h10-15,20H,2-9H2,1H3. The van der Waals surface area contributed by atoms with E-state index in [4.69, 9.17) is 0 Å². The smallest absolute Gasteiger partial charge is 0.116 e. The van der Waals surface area contributed by atoms with Gasteiger partial charge < -0.3 is 5.11 Å². The Morgan fingerprint density at radius 3 is 2.20 bits per heavy atom. The van der Waals surface area contributed by atoms with E-state index in [2.05, 4.69) is 25.1 Å². The fourth-order valence-corrected chi connectivity index (χ4v) is 2.72. The van der Waals surface area contributed by atoms with Gasteiger partial charge in [-0.25, -0.2) is 0 Å². The minimum absolute atomic E-state index is 0.345. The van der Waals surface area contributed by atoms with Gasteiger partial charge in [0.15, 0.2) is 0 Å². The Morgan fingerprint density at radius 2 is 1.40 bits per heavy atom. The lowest BCUT2D eigenvalue weighted by molar-refractivity contribution is 0.476. The molecule has 0 aromatic heterocycles. The van der Waals surface area contributed by atoms with E-state index in [9.17, 15) is 5.11 Å². The molecule has 0 aliphatic carbocycles. The molecule has 2 aromatic carbocycles. The molecule has 1 heteroatoms. The summed E-state index contributed by atoms with van der Waals surface area (Å²) in [4.78, 5) is 0. The number of unbranched alkanes of at least 4 members (excludes halogenated alkanes) is 6. The Kier molecular flexibility index (Phi) is 5.91. The molecule has 0 bridgehead atoms. The van der Waals surface area contributed by atoms with Gasteiger partial charge in [-0.1, -0.05) is 69.7 Å². The molecule has 0 unspecified atom stereocenters. The highest BCUT2D eigenvalue weighted by molar-refractivity contribution is 5.84. The first-order valence-corrected chi connectivity index (χ1v) is 8.01. The maximum atomic E-state index is 9.46. The van der Waals surface area contributed by atoms with Crippen molar-refractivity contribution >= 4 is 10.8 Å². The molecule has 1 N–H and O–H groups in total. The summed E-state index contributed by atoms with van der Waals surface area (Å²) in [6.07, 6.45) is 10.7. The van der Waals surface area contributed by atoms with Gasteiger partial charge in [-0.2, -0.15) is 0 Å². The number of rotatable bonds is 8. The normalized spacial score (nSPS) is 11.1. The second kappa shape index (κ2) is 7.94. The molecule has 0 atom stereocenters. The molecule has 108 valence electrons. The monoisotopic (exact) mass is 270 g/mol. The van der Waals surface area contributed by atoms with Crippen LogP contribution in [0.4, 0.5) is 0 Å². The predicted octanol–water partition coefficient (Wildman–Crippen LogP) is 5.84. The van der Waals surface area contributed by atoms with Crippen molar-refractivity contribution in [3.05, 3.63) is 42.0 Å². The Labute approximate surface area is 122 Å². The summed E-state index contributed by atoms with van der Waals surface area (Å²) >= 11 is 0. The van der Waals surface area contributed by atoms with Gasteiger partial charge in [-0.15, -0.1) is 0 Å². The van der Waals surface area contributed by atoms with Crippen LogP contribution in [0.25, 0.3) is 10.8 Å². The maximum absolute atomic E-state index is 9.46. The Hall–Kier alpha value is -1.50. The molecule has 0 heterocycles. The largest absolute Gasteiger partial charge is 0.508 e. The minimum atomic E-state index is 0.345. The van der Waals surface area contributed by atoms with E-state index in [0.717, 1.165) is 5.39 Å². The van der Waals surface area contributed by atoms with E-state index in [-0.39, 0.29) is 0 Å². The number of phenolic OH excluding ortho intramolecular Hbond substituents is 1. The first kappa shape index (κ1) is 14.9. The zero-order valence-corrected chi connectivity index (χ0v) is 12.6. The van der Waals surface area contributed by atoms with Crippen LogP contribution in [0.5, 0.6) is 5.75 Å². The predicted molar refractivity (Wildman–Crippen MR) is 87.3 cm³/mol. The topological polar surface area (TPSA) is 20.2 Å². The van der Waals surface area contributed by atoms with E-state index in [1.54, 1.807) is 6.07 Å². The highest BCUT2D eigenvalue weighted by Gasteiger charge is 1.99. The second-order valence-corrected chi connectivity index (χ2v) is 5.74. The molecule has 2 aromatic rings. The first-order valence-electron chi connectivity index (χ1n) is 8.01. The van der Waals surface area contributed by atoms with Crippen LogP contribution in [0.15, 0.2) is 36.4 Å². The van der Waals surface area contributed by atoms with Crippen molar-refractivity contribution in [1.82, 2.24) is 0 Å². The summed E-state index contributed by atoms with van der Waals surface area (Å²) < 4.78 is 0. The van der Waals surface area contributed by atoms with Gasteiger partial charge in [0.25, 0.3) is 0 Å². The molecule has 0 spiro atoms. The molecule has 0 saturated heterocycles. The molecular formula is C19H26O. The minimum Gasteiger partial charge on any atom is -0.508 e. The second-order valence-electron chi connectivity index (χ2n) is 5.74. The maximum Gasteiger partial charge on any atom is 0.116 e. The van der Waals surface area contributed by atoms with E-state index in [0.29, 0.717) is 5.75 Å². The Morgan fingerprint density at radius 1 is 0.750 bits per heavy atom. The molecule has 20 heavy (non-hydrogen) atoms. The number of hydrogen-bond acceptors (Lipinski definition) is 1. The van der Waals surface area contributed by atoms with Gasteiger partial charge in [0.1, 0.15) is 5.75 Å². The Bertz CT molecular complexity index is 530. The van der Waals surface area contributed by atoms with Crippen LogP contribution in [0.1, 0.15) is 57.4 Å². The fourth-order valence-electron chi connectivity index (χ4n) is 2.72. The van der Waals surface area contributed by atoms with Gasteiger partial charge in [0, 0.05) is 0 Å². The van der Waals surface area contributed by atoms with Crippen molar-refractivity contribution in [2.45, 2.75) is 58.3 Å². The number of aromatic hydroxyl groups is 1. The van der Waals surface area contributed by atoms with Crippen molar-refractivity contribution in [3.8, 4) is 5.75 Å². The summed E-state index contributed by atoms with van der Waals surface area (Å²) in [6, 6.07) is 12.2. The van der Waals surface area contributed by atoms with E-state index in [1.807, 2.05) is 12.1 Å². The van der Waals surface area contributed by atoms with Crippen LogP contribution >= 0.6 is 0 Å². The molecular weight excluding hydrogens is 244 g/mol. The molecule has 0 aliphatic heterocycles.